The first-order valence-corrected chi connectivity index (χ1v) is 15.4. The number of aromatic nitrogens is 3. The monoisotopic (exact) mass is 582 g/mol. The number of nitrogen functional groups attached to an aromatic ring is 1. The van der Waals surface area contributed by atoms with E-state index in [4.69, 9.17) is 15.2 Å². The molecule has 2 aliphatic rings. The molecule has 226 valence electrons. The van der Waals surface area contributed by atoms with Crippen molar-refractivity contribution in [3.05, 3.63) is 72.7 Å². The molecule has 0 bridgehead atoms. The van der Waals surface area contributed by atoms with Crippen molar-refractivity contribution in [2.75, 3.05) is 25.4 Å². The van der Waals surface area contributed by atoms with Crippen LogP contribution in [0.2, 0.25) is 0 Å². The smallest absolute Gasteiger partial charge is 0.410 e. The number of anilines is 1. The molecular formula is C34H42N6O3. The molecule has 2 fully saturated rings. The first kappa shape index (κ1) is 29.0. The number of hydrogen-bond donors (Lipinski definition) is 1. The van der Waals surface area contributed by atoms with E-state index >= 15 is 0 Å². The van der Waals surface area contributed by atoms with Crippen LogP contribution in [0.5, 0.6) is 11.5 Å². The Morgan fingerprint density at radius 3 is 2.33 bits per heavy atom. The lowest BCUT2D eigenvalue weighted by Gasteiger charge is -2.45. The highest BCUT2D eigenvalue weighted by atomic mass is 16.6. The number of benzene rings is 2. The summed E-state index contributed by atoms with van der Waals surface area (Å²) in [6.45, 7) is 10.3. The predicted molar refractivity (Wildman–Crippen MR) is 168 cm³/mol. The highest BCUT2D eigenvalue weighted by molar-refractivity contribution is 5.88. The number of rotatable bonds is 5. The van der Waals surface area contributed by atoms with Crippen molar-refractivity contribution >= 4 is 17.4 Å². The molecule has 1 aliphatic carbocycles. The Balaban J connectivity index is 1.14. The predicted octanol–water partition coefficient (Wildman–Crippen LogP) is 6.74. The van der Waals surface area contributed by atoms with E-state index in [1.807, 2.05) is 72.7 Å². The Labute approximate surface area is 253 Å². The minimum absolute atomic E-state index is 0.127. The van der Waals surface area contributed by atoms with Gasteiger partial charge in [-0.05, 0) is 89.3 Å². The summed E-state index contributed by atoms with van der Waals surface area (Å²) in [6.07, 6.45) is 5.70. The van der Waals surface area contributed by atoms with Crippen LogP contribution in [0.15, 0.2) is 67.0 Å². The fourth-order valence-electron chi connectivity index (χ4n) is 6.58. The normalized spacial score (nSPS) is 21.6. The molecule has 3 heterocycles. The molecule has 0 unspecified atom stereocenters. The van der Waals surface area contributed by atoms with Gasteiger partial charge < -0.3 is 20.1 Å². The standard InChI is InChI=1S/C34H42N6O3/c1-23-21-38(18-19-39(23)33(41)43-34(2,3)4)26-14-10-25(11-15-26)30-20-29(31-32(35)36-22-37-40(30)31)24-12-16-28(17-13-24)42-27-8-6-5-7-9-27/h5-9,12-13,16-17,20,22-23,25-26H,10-11,14-15,18-19,21H2,1-4H3,(H2,35,36,37)/t23-,25-,26+/m0/s1. The fraction of sp³-hybridized carbons (Fsp3) is 0.441. The Hall–Kier alpha value is -4.11. The van der Waals surface area contributed by atoms with Gasteiger partial charge in [-0.1, -0.05) is 30.3 Å². The van der Waals surface area contributed by atoms with E-state index in [-0.39, 0.29) is 12.1 Å². The van der Waals surface area contributed by atoms with Gasteiger partial charge in [0, 0.05) is 48.9 Å². The second-order valence-electron chi connectivity index (χ2n) is 12.9. The van der Waals surface area contributed by atoms with E-state index in [1.54, 1.807) is 6.33 Å². The number of carbonyl (C=O) groups is 1. The van der Waals surface area contributed by atoms with E-state index < -0.39 is 5.60 Å². The highest BCUT2D eigenvalue weighted by Crippen LogP contribution is 2.40. The van der Waals surface area contributed by atoms with Crippen LogP contribution in [-0.2, 0) is 4.74 Å². The molecule has 2 aromatic heterocycles. The third-order valence-electron chi connectivity index (χ3n) is 8.67. The van der Waals surface area contributed by atoms with Crippen LogP contribution in [-0.4, -0.2) is 67.8 Å². The zero-order valence-corrected chi connectivity index (χ0v) is 25.6. The summed E-state index contributed by atoms with van der Waals surface area (Å²) in [5.74, 6) is 2.45. The SMILES string of the molecule is C[C@H]1CN([C@H]2CC[C@@H](c3cc(-c4ccc(Oc5ccccc5)cc4)c4c(N)ncnn43)CC2)CCN1C(=O)OC(C)(C)C. The molecule has 9 nitrogen and oxygen atoms in total. The Morgan fingerprint density at radius 2 is 1.65 bits per heavy atom. The van der Waals surface area contributed by atoms with Crippen molar-refractivity contribution in [2.45, 2.75) is 77.0 Å². The first-order valence-electron chi connectivity index (χ1n) is 15.4. The number of amides is 1. The second-order valence-corrected chi connectivity index (χ2v) is 12.9. The van der Waals surface area contributed by atoms with Gasteiger partial charge >= 0.3 is 6.09 Å². The number of ether oxygens (including phenoxy) is 2. The maximum absolute atomic E-state index is 12.7. The maximum atomic E-state index is 12.7. The van der Waals surface area contributed by atoms with E-state index in [9.17, 15) is 4.79 Å². The van der Waals surface area contributed by atoms with Crippen LogP contribution in [0.4, 0.5) is 10.6 Å². The molecule has 43 heavy (non-hydrogen) atoms. The lowest BCUT2D eigenvalue weighted by atomic mass is 9.83. The van der Waals surface area contributed by atoms with Crippen LogP contribution >= 0.6 is 0 Å². The van der Waals surface area contributed by atoms with Crippen LogP contribution in [0.3, 0.4) is 0 Å². The van der Waals surface area contributed by atoms with Gasteiger partial charge in [0.25, 0.3) is 0 Å². The number of fused-ring (bicyclic) bond motifs is 1. The molecule has 2 N–H and O–H groups in total. The largest absolute Gasteiger partial charge is 0.457 e. The molecule has 1 atom stereocenters. The molecular weight excluding hydrogens is 540 g/mol. The van der Waals surface area contributed by atoms with Gasteiger partial charge in [0.05, 0.1) is 0 Å². The summed E-state index contributed by atoms with van der Waals surface area (Å²) >= 11 is 0. The van der Waals surface area contributed by atoms with Gasteiger partial charge in [0.15, 0.2) is 5.82 Å². The van der Waals surface area contributed by atoms with E-state index in [1.165, 1.54) is 5.69 Å². The summed E-state index contributed by atoms with van der Waals surface area (Å²) < 4.78 is 13.6. The van der Waals surface area contributed by atoms with Gasteiger partial charge in [-0.2, -0.15) is 5.10 Å². The van der Waals surface area contributed by atoms with Crippen molar-refractivity contribution in [2.24, 2.45) is 0 Å². The van der Waals surface area contributed by atoms with E-state index in [0.717, 1.165) is 66.9 Å². The average molecular weight is 583 g/mol. The minimum Gasteiger partial charge on any atom is -0.457 e. The van der Waals surface area contributed by atoms with Crippen molar-refractivity contribution in [1.29, 1.82) is 0 Å². The number of carbonyl (C=O) groups excluding carboxylic acids is 1. The molecule has 1 saturated carbocycles. The number of para-hydroxylation sites is 1. The second kappa shape index (κ2) is 11.9. The van der Waals surface area contributed by atoms with Crippen LogP contribution in [0.1, 0.15) is 65.0 Å². The van der Waals surface area contributed by atoms with Gasteiger partial charge in [0.1, 0.15) is 28.9 Å². The maximum Gasteiger partial charge on any atom is 0.410 e. The van der Waals surface area contributed by atoms with Gasteiger partial charge in [-0.3, -0.25) is 4.90 Å². The Morgan fingerprint density at radius 1 is 0.953 bits per heavy atom. The molecule has 9 heteroatoms. The van der Waals surface area contributed by atoms with E-state index in [2.05, 4.69) is 40.1 Å². The third-order valence-corrected chi connectivity index (χ3v) is 8.67. The van der Waals surface area contributed by atoms with Crippen LogP contribution in [0, 0.1) is 0 Å². The number of piperazine rings is 1. The van der Waals surface area contributed by atoms with E-state index in [0.29, 0.717) is 24.3 Å². The molecule has 2 aromatic carbocycles. The van der Waals surface area contributed by atoms with Gasteiger partial charge in [0.2, 0.25) is 0 Å². The molecule has 1 amide bonds. The summed E-state index contributed by atoms with van der Waals surface area (Å²) in [4.78, 5) is 21.5. The quantitative estimate of drug-likeness (QED) is 0.278. The van der Waals surface area contributed by atoms with Crippen molar-refractivity contribution < 1.29 is 14.3 Å². The molecule has 4 aromatic rings. The van der Waals surface area contributed by atoms with Gasteiger partial charge in [-0.15, -0.1) is 0 Å². The van der Waals surface area contributed by atoms with Crippen molar-refractivity contribution in [3.8, 4) is 22.6 Å². The topological polar surface area (TPSA) is 98.2 Å². The molecule has 1 aliphatic heterocycles. The number of hydrogen-bond acceptors (Lipinski definition) is 7. The van der Waals surface area contributed by atoms with Gasteiger partial charge in [-0.25, -0.2) is 14.3 Å². The van der Waals surface area contributed by atoms with Crippen molar-refractivity contribution in [1.82, 2.24) is 24.4 Å². The zero-order valence-electron chi connectivity index (χ0n) is 25.6. The zero-order chi connectivity index (χ0) is 30.1. The summed E-state index contributed by atoms with van der Waals surface area (Å²) in [7, 11) is 0. The molecule has 0 radical (unpaired) electrons. The molecule has 6 rings (SSSR count). The molecule has 1 saturated heterocycles. The summed E-state index contributed by atoms with van der Waals surface area (Å²) in [6, 6.07) is 20.8. The lowest BCUT2D eigenvalue weighted by molar-refractivity contribution is -0.00755. The molecule has 0 spiro atoms. The van der Waals surface area contributed by atoms with Crippen LogP contribution < -0.4 is 10.5 Å². The van der Waals surface area contributed by atoms with Crippen molar-refractivity contribution in [3.63, 3.8) is 0 Å². The third kappa shape index (κ3) is 6.32. The minimum atomic E-state index is -0.481. The average Bonchev–Trinajstić information content (AvgIpc) is 3.38. The number of nitrogens with zero attached hydrogens (tertiary/aromatic N) is 5. The summed E-state index contributed by atoms with van der Waals surface area (Å²) in [5.41, 5.74) is 10.1. The highest BCUT2D eigenvalue weighted by Gasteiger charge is 2.35. The first-order chi connectivity index (χ1) is 20.7. The fourth-order valence-corrected chi connectivity index (χ4v) is 6.58. The Bertz CT molecular complexity index is 1560. The lowest BCUT2D eigenvalue weighted by Crippen LogP contribution is -2.57. The van der Waals surface area contributed by atoms with Crippen LogP contribution in [0.25, 0.3) is 16.6 Å². The number of nitrogens with two attached hydrogens (primary N) is 1. The Kier molecular flexibility index (Phi) is 8.01. The summed E-state index contributed by atoms with van der Waals surface area (Å²) in [5, 5.41) is 4.65.